The summed E-state index contributed by atoms with van der Waals surface area (Å²) in [5, 5.41) is 3.00. The van der Waals surface area contributed by atoms with E-state index in [0.29, 0.717) is 5.75 Å². The van der Waals surface area contributed by atoms with Crippen LogP contribution in [-0.4, -0.2) is 12.5 Å². The van der Waals surface area contributed by atoms with Gasteiger partial charge in [-0.1, -0.05) is 12.1 Å². The molecule has 4 heteroatoms. The molecule has 0 saturated heterocycles. The number of hydrogen-bond donors (Lipinski definition) is 1. The molecule has 0 fully saturated rings. The smallest absolute Gasteiger partial charge is 0.258 e. The van der Waals surface area contributed by atoms with Gasteiger partial charge in [-0.15, -0.1) is 0 Å². The summed E-state index contributed by atoms with van der Waals surface area (Å²) in [6.45, 7) is 8.29. The first kappa shape index (κ1) is 17.8. The maximum absolute atomic E-state index is 12.1. The van der Waals surface area contributed by atoms with Gasteiger partial charge in [0.25, 0.3) is 5.91 Å². The molecule has 3 nitrogen and oxygen atoms in total. The fourth-order valence-corrected chi connectivity index (χ4v) is 2.85. The first-order chi connectivity index (χ1) is 10.9. The van der Waals surface area contributed by atoms with E-state index < -0.39 is 0 Å². The standard InChI is InChI=1S/C19H22INO2/c1-12-9-14(3)18(10-13(12)2)15(4)21-19(22)11-23-17-7-5-16(20)6-8-17/h5-10,15H,11H2,1-4H3,(H,21,22)/t15-/m1/s1. The zero-order valence-corrected chi connectivity index (χ0v) is 16.1. The minimum atomic E-state index is -0.117. The number of aryl methyl sites for hydroxylation is 3. The number of ether oxygens (including phenoxy) is 1. The summed E-state index contributed by atoms with van der Waals surface area (Å²) in [7, 11) is 0. The van der Waals surface area contributed by atoms with E-state index in [0.717, 1.165) is 9.13 Å². The molecule has 0 aliphatic carbocycles. The second-order valence-electron chi connectivity index (χ2n) is 5.82. The van der Waals surface area contributed by atoms with Gasteiger partial charge in [0, 0.05) is 3.57 Å². The molecule has 0 aromatic heterocycles. The zero-order chi connectivity index (χ0) is 17.0. The van der Waals surface area contributed by atoms with Crippen LogP contribution >= 0.6 is 22.6 Å². The Morgan fingerprint density at radius 1 is 1.09 bits per heavy atom. The Kier molecular flexibility index (Phi) is 6.04. The monoisotopic (exact) mass is 423 g/mol. The summed E-state index contributed by atoms with van der Waals surface area (Å²) in [5.41, 5.74) is 4.85. The lowest BCUT2D eigenvalue weighted by Crippen LogP contribution is -2.31. The van der Waals surface area contributed by atoms with Gasteiger partial charge in [0.1, 0.15) is 5.75 Å². The van der Waals surface area contributed by atoms with Gasteiger partial charge >= 0.3 is 0 Å². The van der Waals surface area contributed by atoms with Crippen LogP contribution < -0.4 is 10.1 Å². The molecule has 0 heterocycles. The fourth-order valence-electron chi connectivity index (χ4n) is 2.49. The van der Waals surface area contributed by atoms with E-state index in [9.17, 15) is 4.79 Å². The van der Waals surface area contributed by atoms with Gasteiger partial charge in [0.15, 0.2) is 6.61 Å². The molecule has 1 N–H and O–H groups in total. The van der Waals surface area contributed by atoms with Crippen molar-refractivity contribution in [2.45, 2.75) is 33.7 Å². The predicted molar refractivity (Wildman–Crippen MR) is 102 cm³/mol. The zero-order valence-electron chi connectivity index (χ0n) is 13.9. The van der Waals surface area contributed by atoms with Crippen molar-refractivity contribution >= 4 is 28.5 Å². The highest BCUT2D eigenvalue weighted by atomic mass is 127. The SMILES string of the molecule is Cc1cc(C)c([C@@H](C)NC(=O)COc2ccc(I)cc2)cc1C. The van der Waals surface area contributed by atoms with Crippen molar-refractivity contribution in [1.82, 2.24) is 5.32 Å². The second kappa shape index (κ2) is 7.81. The van der Waals surface area contributed by atoms with E-state index in [2.05, 4.69) is 60.8 Å². The topological polar surface area (TPSA) is 38.3 Å². The minimum Gasteiger partial charge on any atom is -0.484 e. The molecule has 23 heavy (non-hydrogen) atoms. The highest BCUT2D eigenvalue weighted by molar-refractivity contribution is 14.1. The molecule has 122 valence electrons. The quantitative estimate of drug-likeness (QED) is 0.721. The largest absolute Gasteiger partial charge is 0.484 e. The lowest BCUT2D eigenvalue weighted by Gasteiger charge is -2.18. The number of carbonyl (C=O) groups is 1. The summed E-state index contributed by atoms with van der Waals surface area (Å²) >= 11 is 2.23. The number of nitrogens with one attached hydrogen (secondary N) is 1. The van der Waals surface area contributed by atoms with Crippen LogP contribution in [0.5, 0.6) is 5.75 Å². The Bertz CT molecular complexity index is 695. The molecular weight excluding hydrogens is 401 g/mol. The van der Waals surface area contributed by atoms with Crippen molar-refractivity contribution in [3.63, 3.8) is 0 Å². The summed E-state index contributed by atoms with van der Waals surface area (Å²) in [6, 6.07) is 11.9. The highest BCUT2D eigenvalue weighted by Gasteiger charge is 2.13. The van der Waals surface area contributed by atoms with Gasteiger partial charge in [0.05, 0.1) is 6.04 Å². The lowest BCUT2D eigenvalue weighted by atomic mass is 9.96. The molecule has 0 aliphatic heterocycles. The Labute approximate surface area is 151 Å². The van der Waals surface area contributed by atoms with Gasteiger partial charge in [-0.2, -0.15) is 0 Å². The molecule has 2 aromatic rings. The van der Waals surface area contributed by atoms with Crippen LogP contribution in [0.4, 0.5) is 0 Å². The number of benzene rings is 2. The molecule has 0 unspecified atom stereocenters. The number of amides is 1. The van der Waals surface area contributed by atoms with Crippen LogP contribution in [-0.2, 0) is 4.79 Å². The van der Waals surface area contributed by atoms with Gasteiger partial charge < -0.3 is 10.1 Å². The van der Waals surface area contributed by atoms with Crippen molar-refractivity contribution in [2.24, 2.45) is 0 Å². The van der Waals surface area contributed by atoms with E-state index in [1.807, 2.05) is 31.2 Å². The van der Waals surface area contributed by atoms with Crippen LogP contribution in [0.2, 0.25) is 0 Å². The Hall–Kier alpha value is -1.56. The third-order valence-corrected chi connectivity index (χ3v) is 4.63. The molecular formula is C19H22INO2. The predicted octanol–water partition coefficient (Wildman–Crippen LogP) is 4.47. The van der Waals surface area contributed by atoms with Crippen LogP contribution in [0.15, 0.2) is 36.4 Å². The number of hydrogen-bond acceptors (Lipinski definition) is 2. The maximum atomic E-state index is 12.1. The summed E-state index contributed by atoms with van der Waals surface area (Å²) in [5.74, 6) is 0.587. The number of carbonyl (C=O) groups excluding carboxylic acids is 1. The van der Waals surface area contributed by atoms with E-state index in [-0.39, 0.29) is 18.6 Å². The van der Waals surface area contributed by atoms with Crippen LogP contribution in [0.1, 0.15) is 35.2 Å². The van der Waals surface area contributed by atoms with Crippen molar-refractivity contribution in [3.8, 4) is 5.75 Å². The molecule has 0 spiro atoms. The van der Waals surface area contributed by atoms with E-state index >= 15 is 0 Å². The third-order valence-electron chi connectivity index (χ3n) is 3.91. The van der Waals surface area contributed by atoms with Gasteiger partial charge in [0.2, 0.25) is 0 Å². The molecule has 0 aliphatic rings. The number of halogens is 1. The van der Waals surface area contributed by atoms with Gasteiger partial charge in [-0.05, 0) is 96.8 Å². The summed E-state index contributed by atoms with van der Waals surface area (Å²) < 4.78 is 6.65. The summed E-state index contributed by atoms with van der Waals surface area (Å²) in [6.07, 6.45) is 0. The van der Waals surface area contributed by atoms with Crippen molar-refractivity contribution in [3.05, 3.63) is 62.2 Å². The molecule has 2 rings (SSSR count). The van der Waals surface area contributed by atoms with Crippen molar-refractivity contribution < 1.29 is 9.53 Å². The van der Waals surface area contributed by atoms with Crippen molar-refractivity contribution in [2.75, 3.05) is 6.61 Å². The average molecular weight is 423 g/mol. The fraction of sp³-hybridized carbons (Fsp3) is 0.316. The molecule has 1 atom stereocenters. The normalized spacial score (nSPS) is 11.9. The van der Waals surface area contributed by atoms with Crippen LogP contribution in [0.3, 0.4) is 0 Å². The van der Waals surface area contributed by atoms with Crippen LogP contribution in [0, 0.1) is 24.3 Å². The molecule has 2 aromatic carbocycles. The summed E-state index contributed by atoms with van der Waals surface area (Å²) in [4.78, 5) is 12.1. The minimum absolute atomic E-state index is 0.0226. The average Bonchev–Trinajstić information content (AvgIpc) is 2.50. The van der Waals surface area contributed by atoms with Crippen LogP contribution in [0.25, 0.3) is 0 Å². The highest BCUT2D eigenvalue weighted by Crippen LogP contribution is 2.21. The number of rotatable bonds is 5. The Morgan fingerprint density at radius 2 is 1.70 bits per heavy atom. The maximum Gasteiger partial charge on any atom is 0.258 e. The first-order valence-corrected chi connectivity index (χ1v) is 8.70. The Morgan fingerprint density at radius 3 is 2.35 bits per heavy atom. The lowest BCUT2D eigenvalue weighted by molar-refractivity contribution is -0.123. The van der Waals surface area contributed by atoms with Gasteiger partial charge in [-0.25, -0.2) is 0 Å². The second-order valence-corrected chi connectivity index (χ2v) is 7.07. The van der Waals surface area contributed by atoms with Crippen molar-refractivity contribution in [1.29, 1.82) is 0 Å². The molecule has 0 radical (unpaired) electrons. The van der Waals surface area contributed by atoms with Gasteiger partial charge in [-0.3, -0.25) is 4.79 Å². The third kappa shape index (κ3) is 4.96. The first-order valence-electron chi connectivity index (χ1n) is 7.62. The van der Waals surface area contributed by atoms with E-state index in [1.165, 1.54) is 16.7 Å². The van der Waals surface area contributed by atoms with E-state index in [1.54, 1.807) is 0 Å². The molecule has 0 bridgehead atoms. The van der Waals surface area contributed by atoms with E-state index in [4.69, 9.17) is 4.74 Å². The molecule has 0 saturated carbocycles. The molecule has 1 amide bonds. The Balaban J connectivity index is 1.94.